The standard InChI is InChI=1S/C12H15ClN4O2/c13-9-4-11(17(18)19)12(15-5-9)16-6-8-2-1-3-14-10(8)7-16/h4-5,8,10,14H,1-3,6-7H2/t8-,10+/m0/s1. The highest BCUT2D eigenvalue weighted by Gasteiger charge is 2.37. The Morgan fingerprint density at radius 1 is 1.53 bits per heavy atom. The first-order chi connectivity index (χ1) is 9.15. The van der Waals surface area contributed by atoms with E-state index in [1.165, 1.54) is 25.1 Å². The van der Waals surface area contributed by atoms with Crippen LogP contribution in [0.2, 0.25) is 5.02 Å². The molecule has 0 spiro atoms. The predicted octanol–water partition coefficient (Wildman–Crippen LogP) is 1.83. The second-order valence-electron chi connectivity index (χ2n) is 5.12. The van der Waals surface area contributed by atoms with Gasteiger partial charge < -0.3 is 10.2 Å². The summed E-state index contributed by atoms with van der Waals surface area (Å²) in [5, 5.41) is 14.9. The maximum Gasteiger partial charge on any atom is 0.313 e. The summed E-state index contributed by atoms with van der Waals surface area (Å²) >= 11 is 5.79. The number of anilines is 1. The zero-order valence-electron chi connectivity index (χ0n) is 10.4. The van der Waals surface area contributed by atoms with Gasteiger partial charge in [0.1, 0.15) is 0 Å². The molecule has 2 aliphatic heterocycles. The average Bonchev–Trinajstić information content (AvgIpc) is 2.82. The summed E-state index contributed by atoms with van der Waals surface area (Å²) in [6.07, 6.45) is 3.82. The lowest BCUT2D eigenvalue weighted by Crippen LogP contribution is -2.40. The number of hydrogen-bond donors (Lipinski definition) is 1. The molecule has 2 atom stereocenters. The van der Waals surface area contributed by atoms with Crippen molar-refractivity contribution in [2.45, 2.75) is 18.9 Å². The molecule has 0 saturated carbocycles. The largest absolute Gasteiger partial charge is 0.349 e. The molecular formula is C12H15ClN4O2. The number of aromatic nitrogens is 1. The van der Waals surface area contributed by atoms with E-state index in [9.17, 15) is 10.1 Å². The number of pyridine rings is 1. The van der Waals surface area contributed by atoms with Gasteiger partial charge in [0.25, 0.3) is 0 Å². The molecule has 2 aliphatic rings. The zero-order chi connectivity index (χ0) is 13.4. The quantitative estimate of drug-likeness (QED) is 0.662. The number of rotatable bonds is 2. The van der Waals surface area contributed by atoms with Crippen LogP contribution in [0.1, 0.15) is 12.8 Å². The lowest BCUT2D eigenvalue weighted by Gasteiger charge is -2.24. The Labute approximate surface area is 115 Å². The fourth-order valence-electron chi connectivity index (χ4n) is 3.02. The fraction of sp³-hybridized carbons (Fsp3) is 0.583. The van der Waals surface area contributed by atoms with Gasteiger partial charge >= 0.3 is 5.69 Å². The van der Waals surface area contributed by atoms with E-state index in [2.05, 4.69) is 10.3 Å². The van der Waals surface area contributed by atoms with Gasteiger partial charge in [-0.2, -0.15) is 0 Å². The summed E-state index contributed by atoms with van der Waals surface area (Å²) in [4.78, 5) is 16.9. The molecule has 0 radical (unpaired) electrons. The maximum atomic E-state index is 11.1. The van der Waals surface area contributed by atoms with E-state index < -0.39 is 4.92 Å². The first-order valence-electron chi connectivity index (χ1n) is 6.43. The Morgan fingerprint density at radius 2 is 2.37 bits per heavy atom. The number of nitrogens with zero attached hydrogens (tertiary/aromatic N) is 3. The van der Waals surface area contributed by atoms with Gasteiger partial charge in [0.05, 0.1) is 9.95 Å². The Morgan fingerprint density at radius 3 is 3.11 bits per heavy atom. The normalized spacial score (nSPS) is 26.3. The van der Waals surface area contributed by atoms with Crippen LogP contribution in [-0.4, -0.2) is 35.6 Å². The van der Waals surface area contributed by atoms with Crippen molar-refractivity contribution >= 4 is 23.1 Å². The third-order valence-corrected chi connectivity index (χ3v) is 4.12. The average molecular weight is 283 g/mol. The molecule has 1 aromatic rings. The smallest absolute Gasteiger partial charge is 0.313 e. The molecule has 7 heteroatoms. The molecule has 3 rings (SSSR count). The van der Waals surface area contributed by atoms with Crippen LogP contribution in [0.25, 0.3) is 0 Å². The first-order valence-corrected chi connectivity index (χ1v) is 6.81. The second-order valence-corrected chi connectivity index (χ2v) is 5.56. The van der Waals surface area contributed by atoms with E-state index in [1.807, 2.05) is 4.90 Å². The van der Waals surface area contributed by atoms with Crippen molar-refractivity contribution in [3.05, 3.63) is 27.4 Å². The summed E-state index contributed by atoms with van der Waals surface area (Å²) < 4.78 is 0. The van der Waals surface area contributed by atoms with Crippen molar-refractivity contribution in [2.24, 2.45) is 5.92 Å². The molecule has 102 valence electrons. The van der Waals surface area contributed by atoms with Gasteiger partial charge in [0.15, 0.2) is 0 Å². The number of hydrogen-bond acceptors (Lipinski definition) is 5. The van der Waals surface area contributed by atoms with Crippen LogP contribution in [-0.2, 0) is 0 Å². The van der Waals surface area contributed by atoms with Crippen LogP contribution in [0, 0.1) is 16.0 Å². The molecule has 1 aromatic heterocycles. The predicted molar refractivity (Wildman–Crippen MR) is 72.6 cm³/mol. The van der Waals surface area contributed by atoms with E-state index in [0.717, 1.165) is 19.6 Å². The van der Waals surface area contributed by atoms with Crippen LogP contribution in [0.3, 0.4) is 0 Å². The van der Waals surface area contributed by atoms with Crippen LogP contribution >= 0.6 is 11.6 Å². The van der Waals surface area contributed by atoms with Crippen LogP contribution in [0.15, 0.2) is 12.3 Å². The van der Waals surface area contributed by atoms with Crippen LogP contribution < -0.4 is 10.2 Å². The Kier molecular flexibility index (Phi) is 3.28. The summed E-state index contributed by atoms with van der Waals surface area (Å²) in [6, 6.07) is 1.80. The Balaban J connectivity index is 1.88. The SMILES string of the molecule is O=[N+]([O-])c1cc(Cl)cnc1N1C[C@@H]2CCCN[C@@H]2C1. The number of nitrogens with one attached hydrogen (secondary N) is 1. The fourth-order valence-corrected chi connectivity index (χ4v) is 3.17. The van der Waals surface area contributed by atoms with Gasteiger partial charge in [-0.25, -0.2) is 4.98 Å². The van der Waals surface area contributed by atoms with Gasteiger partial charge in [0, 0.05) is 31.4 Å². The summed E-state index contributed by atoms with van der Waals surface area (Å²) in [5.41, 5.74) is -0.00820. The molecule has 0 bridgehead atoms. The zero-order valence-corrected chi connectivity index (χ0v) is 11.1. The molecule has 0 aromatic carbocycles. The number of nitro groups is 1. The van der Waals surface area contributed by atoms with Crippen molar-refractivity contribution in [1.82, 2.24) is 10.3 Å². The van der Waals surface area contributed by atoms with E-state index in [-0.39, 0.29) is 5.69 Å². The van der Waals surface area contributed by atoms with E-state index in [1.54, 1.807) is 0 Å². The van der Waals surface area contributed by atoms with Gasteiger partial charge in [0.2, 0.25) is 5.82 Å². The van der Waals surface area contributed by atoms with Crippen molar-refractivity contribution < 1.29 is 4.92 Å². The van der Waals surface area contributed by atoms with Gasteiger partial charge in [-0.3, -0.25) is 10.1 Å². The molecule has 6 nitrogen and oxygen atoms in total. The van der Waals surface area contributed by atoms with Gasteiger partial charge in [-0.15, -0.1) is 0 Å². The van der Waals surface area contributed by atoms with Gasteiger partial charge in [-0.1, -0.05) is 11.6 Å². The van der Waals surface area contributed by atoms with E-state index >= 15 is 0 Å². The monoisotopic (exact) mass is 282 g/mol. The van der Waals surface area contributed by atoms with Crippen molar-refractivity contribution in [2.75, 3.05) is 24.5 Å². The van der Waals surface area contributed by atoms with Crippen LogP contribution in [0.4, 0.5) is 11.5 Å². The Hall–Kier alpha value is -1.40. The molecule has 3 heterocycles. The molecule has 19 heavy (non-hydrogen) atoms. The van der Waals surface area contributed by atoms with Gasteiger partial charge in [-0.05, 0) is 25.3 Å². The molecule has 1 N–H and O–H groups in total. The lowest BCUT2D eigenvalue weighted by molar-refractivity contribution is -0.384. The number of halogens is 1. The summed E-state index contributed by atoms with van der Waals surface area (Å²) in [7, 11) is 0. The van der Waals surface area contributed by atoms with Crippen molar-refractivity contribution in [3.63, 3.8) is 0 Å². The Bertz CT molecular complexity index is 497. The van der Waals surface area contributed by atoms with Crippen LogP contribution in [0.5, 0.6) is 0 Å². The number of fused-ring (bicyclic) bond motifs is 1. The first kappa shape index (κ1) is 12.6. The highest BCUT2D eigenvalue weighted by atomic mass is 35.5. The highest BCUT2D eigenvalue weighted by Crippen LogP contribution is 2.34. The molecular weight excluding hydrogens is 268 g/mol. The van der Waals surface area contributed by atoms with E-state index in [0.29, 0.717) is 22.8 Å². The topological polar surface area (TPSA) is 71.3 Å². The third kappa shape index (κ3) is 2.37. The minimum Gasteiger partial charge on any atom is -0.349 e. The minimum absolute atomic E-state index is 0.00820. The minimum atomic E-state index is -0.413. The summed E-state index contributed by atoms with van der Waals surface area (Å²) in [6.45, 7) is 2.64. The highest BCUT2D eigenvalue weighted by molar-refractivity contribution is 6.30. The molecule has 0 unspecified atom stereocenters. The lowest BCUT2D eigenvalue weighted by atomic mass is 9.94. The van der Waals surface area contributed by atoms with E-state index in [4.69, 9.17) is 11.6 Å². The maximum absolute atomic E-state index is 11.1. The molecule has 2 fully saturated rings. The van der Waals surface area contributed by atoms with Crippen molar-refractivity contribution in [1.29, 1.82) is 0 Å². The molecule has 2 saturated heterocycles. The molecule has 0 aliphatic carbocycles. The molecule has 0 amide bonds. The third-order valence-electron chi connectivity index (χ3n) is 3.91. The number of piperidine rings is 1. The van der Waals surface area contributed by atoms with Crippen molar-refractivity contribution in [3.8, 4) is 0 Å². The second kappa shape index (κ2) is 4.94. The summed E-state index contributed by atoms with van der Waals surface area (Å²) in [5.74, 6) is 0.997.